The fraction of sp³-hybridized carbons (Fsp3) is 0.261. The molecule has 188 valence electrons. The second-order valence-corrected chi connectivity index (χ2v) is 10.1. The van der Waals surface area contributed by atoms with Crippen LogP contribution in [0.25, 0.3) is 22.4 Å². The lowest BCUT2D eigenvalue weighted by Gasteiger charge is -2.39. The molecular weight excluding hydrogens is 491 g/mol. The third-order valence-corrected chi connectivity index (χ3v) is 7.26. The van der Waals surface area contributed by atoms with Crippen LogP contribution in [0.4, 0.5) is 10.1 Å². The molecule has 1 saturated heterocycles. The Morgan fingerprint density at radius 1 is 1.19 bits per heavy atom. The van der Waals surface area contributed by atoms with Crippen LogP contribution in [0.5, 0.6) is 11.6 Å². The Bertz CT molecular complexity index is 1500. The monoisotopic (exact) mass is 514 g/mol. The molecule has 3 heterocycles. The number of fused-ring (bicyclic) bond motifs is 1. The summed E-state index contributed by atoms with van der Waals surface area (Å²) < 4.78 is 58.3. The van der Waals surface area contributed by atoms with Gasteiger partial charge in [-0.05, 0) is 36.4 Å². The van der Waals surface area contributed by atoms with Crippen molar-refractivity contribution in [2.45, 2.75) is 4.90 Å². The number of H-pyrrole nitrogens is 1. The zero-order chi connectivity index (χ0) is 25.3. The smallest absolute Gasteiger partial charge is 0.264 e. The molecule has 0 unspecified atom stereocenters. The molecule has 1 fully saturated rings. The van der Waals surface area contributed by atoms with E-state index in [1.54, 1.807) is 18.3 Å². The van der Waals surface area contributed by atoms with Gasteiger partial charge in [0.2, 0.25) is 5.88 Å². The van der Waals surface area contributed by atoms with Crippen molar-refractivity contribution in [1.29, 1.82) is 0 Å². The number of benzene rings is 2. The summed E-state index contributed by atoms with van der Waals surface area (Å²) in [5.41, 5.74) is 6.95. The maximum atomic E-state index is 14.2. The number of nitrogens with zero attached hydrogens (tertiary/aromatic N) is 3. The number of ether oxygens (including phenoxy) is 3. The zero-order valence-corrected chi connectivity index (χ0v) is 20.0. The standard InChI is InChI=1S/C23H23FN6O5S/c1-33-16-6-7-18(24)19(8-16)36(31,32)30-15-4-2-14(3-5-15)20-27-21-17(9-26-29-21)22(28-20)35-13-23(10-25)11-34-12-23/h2-9,30H,10-13,25H2,1H3,(H,26,27,28,29). The lowest BCUT2D eigenvalue weighted by molar-refractivity contribution is -0.125. The Balaban J connectivity index is 1.39. The SMILES string of the molecule is COc1ccc(F)c(S(=O)(=O)Nc2ccc(-c3nc(OCC4(CN)COC4)c4cn[nH]c4n3)cc2)c1. The predicted octanol–water partition coefficient (Wildman–Crippen LogP) is 2.32. The fourth-order valence-electron chi connectivity index (χ4n) is 3.63. The van der Waals surface area contributed by atoms with E-state index in [2.05, 4.69) is 24.9 Å². The van der Waals surface area contributed by atoms with E-state index in [1.807, 2.05) is 0 Å². The van der Waals surface area contributed by atoms with Crippen molar-refractivity contribution in [2.75, 3.05) is 38.2 Å². The first kappa shape index (κ1) is 23.9. The molecule has 0 saturated carbocycles. The van der Waals surface area contributed by atoms with Gasteiger partial charge in [-0.25, -0.2) is 17.8 Å². The first-order valence-corrected chi connectivity index (χ1v) is 12.4. The Kier molecular flexibility index (Phi) is 6.20. The summed E-state index contributed by atoms with van der Waals surface area (Å²) >= 11 is 0. The van der Waals surface area contributed by atoms with E-state index in [-0.39, 0.29) is 16.9 Å². The van der Waals surface area contributed by atoms with Crippen molar-refractivity contribution in [2.24, 2.45) is 11.1 Å². The van der Waals surface area contributed by atoms with Crippen molar-refractivity contribution in [3.63, 3.8) is 0 Å². The van der Waals surface area contributed by atoms with E-state index in [9.17, 15) is 12.8 Å². The number of hydrogen-bond donors (Lipinski definition) is 3. The highest BCUT2D eigenvalue weighted by Gasteiger charge is 2.38. The predicted molar refractivity (Wildman–Crippen MR) is 129 cm³/mol. The molecule has 5 rings (SSSR count). The third kappa shape index (κ3) is 4.55. The summed E-state index contributed by atoms with van der Waals surface area (Å²) in [4.78, 5) is 8.51. The molecule has 11 nitrogen and oxygen atoms in total. The number of hydrogen-bond acceptors (Lipinski definition) is 9. The number of nitrogens with one attached hydrogen (secondary N) is 2. The number of rotatable bonds is 9. The number of halogens is 1. The van der Waals surface area contributed by atoms with Gasteiger partial charge < -0.3 is 19.9 Å². The average Bonchev–Trinajstić information content (AvgIpc) is 3.33. The molecule has 0 bridgehead atoms. The highest BCUT2D eigenvalue weighted by Crippen LogP contribution is 2.31. The Labute approximate surface area is 205 Å². The number of sulfonamides is 1. The molecule has 2 aromatic carbocycles. The second kappa shape index (κ2) is 9.33. The van der Waals surface area contributed by atoms with Crippen molar-refractivity contribution in [3.05, 3.63) is 54.5 Å². The van der Waals surface area contributed by atoms with Crippen molar-refractivity contribution < 1.29 is 27.0 Å². The quantitative estimate of drug-likeness (QED) is 0.305. The minimum atomic E-state index is -4.19. The maximum Gasteiger partial charge on any atom is 0.264 e. The Morgan fingerprint density at radius 3 is 2.64 bits per heavy atom. The van der Waals surface area contributed by atoms with Gasteiger partial charge in [-0.1, -0.05) is 0 Å². The highest BCUT2D eigenvalue weighted by atomic mass is 32.2. The first-order valence-electron chi connectivity index (χ1n) is 10.9. The van der Waals surface area contributed by atoms with Gasteiger partial charge in [0.25, 0.3) is 10.0 Å². The van der Waals surface area contributed by atoms with Crippen LogP contribution in [0.15, 0.2) is 53.6 Å². The minimum absolute atomic E-state index is 0.221. The van der Waals surface area contributed by atoms with Gasteiger partial charge in [-0.2, -0.15) is 10.1 Å². The summed E-state index contributed by atoms with van der Waals surface area (Å²) in [5.74, 6) is 0.0284. The molecule has 0 amide bonds. The fourth-order valence-corrected chi connectivity index (χ4v) is 4.79. The van der Waals surface area contributed by atoms with E-state index in [0.717, 1.165) is 12.1 Å². The molecule has 0 aliphatic carbocycles. The number of anilines is 1. The maximum absolute atomic E-state index is 14.2. The molecule has 13 heteroatoms. The zero-order valence-electron chi connectivity index (χ0n) is 19.2. The van der Waals surface area contributed by atoms with Crippen LogP contribution in [-0.2, 0) is 14.8 Å². The van der Waals surface area contributed by atoms with Crippen molar-refractivity contribution in [3.8, 4) is 23.0 Å². The molecule has 4 N–H and O–H groups in total. The minimum Gasteiger partial charge on any atom is -0.497 e. The van der Waals surface area contributed by atoms with Crippen LogP contribution < -0.4 is 19.9 Å². The highest BCUT2D eigenvalue weighted by molar-refractivity contribution is 7.92. The van der Waals surface area contributed by atoms with Gasteiger partial charge in [0.1, 0.15) is 28.5 Å². The lowest BCUT2D eigenvalue weighted by atomic mass is 9.87. The largest absolute Gasteiger partial charge is 0.497 e. The first-order chi connectivity index (χ1) is 17.3. The van der Waals surface area contributed by atoms with Gasteiger partial charge in [0.15, 0.2) is 11.5 Å². The van der Waals surface area contributed by atoms with Crippen molar-refractivity contribution >= 4 is 26.7 Å². The molecule has 1 aliphatic heterocycles. The van der Waals surface area contributed by atoms with Crippen LogP contribution in [0.2, 0.25) is 0 Å². The van der Waals surface area contributed by atoms with Gasteiger partial charge in [-0.3, -0.25) is 9.82 Å². The second-order valence-electron chi connectivity index (χ2n) is 8.45. The van der Waals surface area contributed by atoms with Crippen LogP contribution in [-0.4, -0.2) is 62.1 Å². The van der Waals surface area contributed by atoms with Crippen LogP contribution in [0, 0.1) is 11.2 Å². The van der Waals surface area contributed by atoms with Crippen LogP contribution >= 0.6 is 0 Å². The summed E-state index contributed by atoms with van der Waals surface area (Å²) in [7, 11) is -2.83. The van der Waals surface area contributed by atoms with Crippen LogP contribution in [0.1, 0.15) is 0 Å². The average molecular weight is 515 g/mol. The van der Waals surface area contributed by atoms with E-state index in [4.69, 9.17) is 19.9 Å². The molecule has 0 spiro atoms. The molecule has 1 aliphatic rings. The van der Waals surface area contributed by atoms with E-state index < -0.39 is 20.7 Å². The van der Waals surface area contributed by atoms with Crippen LogP contribution in [0.3, 0.4) is 0 Å². The molecule has 0 atom stereocenters. The molecule has 0 radical (unpaired) electrons. The van der Waals surface area contributed by atoms with E-state index in [0.29, 0.717) is 54.7 Å². The van der Waals surface area contributed by atoms with Gasteiger partial charge in [0.05, 0.1) is 31.9 Å². The van der Waals surface area contributed by atoms with Gasteiger partial charge in [0, 0.05) is 23.9 Å². The number of aromatic nitrogens is 4. The molecule has 2 aromatic heterocycles. The molecule has 36 heavy (non-hydrogen) atoms. The van der Waals surface area contributed by atoms with Crippen molar-refractivity contribution in [1.82, 2.24) is 20.2 Å². The van der Waals surface area contributed by atoms with E-state index in [1.165, 1.54) is 25.3 Å². The normalized spacial score (nSPS) is 14.9. The number of methoxy groups -OCH3 is 1. The number of aromatic amines is 1. The summed E-state index contributed by atoms with van der Waals surface area (Å²) in [6.07, 6.45) is 1.58. The van der Waals surface area contributed by atoms with Gasteiger partial charge in [-0.15, -0.1) is 0 Å². The molecule has 4 aromatic rings. The molecular formula is C23H23FN6O5S. The third-order valence-electron chi connectivity index (χ3n) is 5.86. The summed E-state index contributed by atoms with van der Waals surface area (Å²) in [5, 5.41) is 7.46. The lowest BCUT2D eigenvalue weighted by Crippen LogP contribution is -2.52. The number of nitrogens with two attached hydrogens (primary N) is 1. The summed E-state index contributed by atoms with van der Waals surface area (Å²) in [6.45, 7) is 1.80. The Hall–Kier alpha value is -3.81. The topological polar surface area (TPSA) is 154 Å². The van der Waals surface area contributed by atoms with Gasteiger partial charge >= 0.3 is 0 Å². The summed E-state index contributed by atoms with van der Waals surface area (Å²) in [6, 6.07) is 9.83. The van der Waals surface area contributed by atoms with E-state index >= 15 is 0 Å². The Morgan fingerprint density at radius 2 is 1.97 bits per heavy atom.